The summed E-state index contributed by atoms with van der Waals surface area (Å²) in [5.41, 5.74) is 1.87. The Balaban J connectivity index is 2.15. The van der Waals surface area contributed by atoms with E-state index >= 15 is 0 Å². The van der Waals surface area contributed by atoms with Gasteiger partial charge in [0.1, 0.15) is 5.82 Å². The van der Waals surface area contributed by atoms with Crippen molar-refractivity contribution in [3.63, 3.8) is 0 Å². The summed E-state index contributed by atoms with van der Waals surface area (Å²) in [5.74, 6) is 1.58. The molecule has 2 heterocycles. The second-order valence-electron chi connectivity index (χ2n) is 5.11. The summed E-state index contributed by atoms with van der Waals surface area (Å²) in [7, 11) is 0. The zero-order valence-electron chi connectivity index (χ0n) is 12.2. The SMILES string of the molecule is CC[C@@H](C)Nc1nc(-c2cccnc2)nc2ccccc12. The summed E-state index contributed by atoms with van der Waals surface area (Å²) in [4.78, 5) is 13.5. The Morgan fingerprint density at radius 3 is 2.71 bits per heavy atom. The lowest BCUT2D eigenvalue weighted by atomic mass is 10.2. The molecule has 4 heteroatoms. The van der Waals surface area contributed by atoms with Gasteiger partial charge in [0.25, 0.3) is 0 Å². The molecule has 0 aliphatic carbocycles. The first-order chi connectivity index (χ1) is 10.3. The molecule has 21 heavy (non-hydrogen) atoms. The van der Waals surface area contributed by atoms with Crippen LogP contribution in [0.25, 0.3) is 22.3 Å². The molecule has 0 saturated carbocycles. The van der Waals surface area contributed by atoms with Crippen LogP contribution in [0, 0.1) is 0 Å². The maximum Gasteiger partial charge on any atom is 0.163 e. The number of nitrogens with one attached hydrogen (secondary N) is 1. The van der Waals surface area contributed by atoms with E-state index in [0.717, 1.165) is 28.7 Å². The average Bonchev–Trinajstić information content (AvgIpc) is 2.55. The maximum absolute atomic E-state index is 4.70. The predicted molar refractivity (Wildman–Crippen MR) is 86.1 cm³/mol. The van der Waals surface area contributed by atoms with Crippen LogP contribution in [0.1, 0.15) is 20.3 Å². The van der Waals surface area contributed by atoms with E-state index in [-0.39, 0.29) is 0 Å². The van der Waals surface area contributed by atoms with Gasteiger partial charge in [0.15, 0.2) is 5.82 Å². The molecule has 0 spiro atoms. The molecule has 0 aliphatic rings. The van der Waals surface area contributed by atoms with Crippen LogP contribution in [-0.2, 0) is 0 Å². The standard InChI is InChI=1S/C17H18N4/c1-3-12(2)19-17-14-8-4-5-9-15(14)20-16(21-17)13-7-6-10-18-11-13/h4-12H,3H2,1-2H3,(H,19,20,21)/t12-/m1/s1. The molecule has 1 N–H and O–H groups in total. The molecule has 0 aliphatic heterocycles. The lowest BCUT2D eigenvalue weighted by Gasteiger charge is -2.15. The highest BCUT2D eigenvalue weighted by Gasteiger charge is 2.10. The molecular formula is C17H18N4. The Hall–Kier alpha value is -2.49. The number of aromatic nitrogens is 3. The molecule has 0 saturated heterocycles. The van der Waals surface area contributed by atoms with Crippen molar-refractivity contribution in [2.24, 2.45) is 0 Å². The van der Waals surface area contributed by atoms with Gasteiger partial charge >= 0.3 is 0 Å². The molecule has 4 nitrogen and oxygen atoms in total. The summed E-state index contributed by atoms with van der Waals surface area (Å²) in [5, 5.41) is 4.52. The molecule has 1 aromatic carbocycles. The summed E-state index contributed by atoms with van der Waals surface area (Å²) < 4.78 is 0. The van der Waals surface area contributed by atoms with Crippen molar-refractivity contribution in [2.45, 2.75) is 26.3 Å². The Bertz CT molecular complexity index is 740. The number of fused-ring (bicyclic) bond motifs is 1. The highest BCUT2D eigenvalue weighted by atomic mass is 15.0. The van der Waals surface area contributed by atoms with Crippen LogP contribution in [-0.4, -0.2) is 21.0 Å². The van der Waals surface area contributed by atoms with E-state index < -0.39 is 0 Å². The third-order valence-electron chi connectivity index (χ3n) is 3.52. The van der Waals surface area contributed by atoms with E-state index in [1.54, 1.807) is 12.4 Å². The summed E-state index contributed by atoms with van der Waals surface area (Å²) in [6.07, 6.45) is 4.58. The van der Waals surface area contributed by atoms with Gasteiger partial charge in [-0.25, -0.2) is 9.97 Å². The molecule has 1 atom stereocenters. The van der Waals surface area contributed by atoms with E-state index in [0.29, 0.717) is 11.9 Å². The van der Waals surface area contributed by atoms with E-state index in [9.17, 15) is 0 Å². The van der Waals surface area contributed by atoms with E-state index in [2.05, 4.69) is 29.1 Å². The topological polar surface area (TPSA) is 50.7 Å². The number of hydrogen-bond acceptors (Lipinski definition) is 4. The van der Waals surface area contributed by atoms with Gasteiger partial charge in [-0.2, -0.15) is 0 Å². The summed E-state index contributed by atoms with van der Waals surface area (Å²) in [6.45, 7) is 4.31. The molecule has 0 radical (unpaired) electrons. The normalized spacial score (nSPS) is 12.3. The third-order valence-corrected chi connectivity index (χ3v) is 3.52. The minimum atomic E-state index is 0.366. The van der Waals surface area contributed by atoms with Crippen molar-refractivity contribution in [1.82, 2.24) is 15.0 Å². The molecule has 3 aromatic rings. The monoisotopic (exact) mass is 278 g/mol. The van der Waals surface area contributed by atoms with Gasteiger partial charge in [-0.15, -0.1) is 0 Å². The van der Waals surface area contributed by atoms with Gasteiger partial charge in [-0.05, 0) is 37.6 Å². The van der Waals surface area contributed by atoms with Crippen LogP contribution in [0.15, 0.2) is 48.8 Å². The minimum absolute atomic E-state index is 0.366. The first-order valence-corrected chi connectivity index (χ1v) is 7.21. The number of nitrogens with zero attached hydrogens (tertiary/aromatic N) is 3. The van der Waals surface area contributed by atoms with Crippen LogP contribution in [0.3, 0.4) is 0 Å². The predicted octanol–water partition coefficient (Wildman–Crippen LogP) is 3.90. The van der Waals surface area contributed by atoms with E-state index in [1.807, 2.05) is 36.4 Å². The highest BCUT2D eigenvalue weighted by molar-refractivity contribution is 5.90. The van der Waals surface area contributed by atoms with Crippen LogP contribution in [0.4, 0.5) is 5.82 Å². The lowest BCUT2D eigenvalue weighted by molar-refractivity contribution is 0.760. The second-order valence-corrected chi connectivity index (χ2v) is 5.11. The van der Waals surface area contributed by atoms with Crippen molar-refractivity contribution in [3.8, 4) is 11.4 Å². The van der Waals surface area contributed by atoms with Gasteiger partial charge in [-0.1, -0.05) is 19.1 Å². The number of rotatable bonds is 4. The van der Waals surface area contributed by atoms with Crippen molar-refractivity contribution in [2.75, 3.05) is 5.32 Å². The quantitative estimate of drug-likeness (QED) is 0.786. The van der Waals surface area contributed by atoms with Gasteiger partial charge in [0.05, 0.1) is 5.52 Å². The van der Waals surface area contributed by atoms with Gasteiger partial charge in [-0.3, -0.25) is 4.98 Å². The van der Waals surface area contributed by atoms with E-state index in [4.69, 9.17) is 4.98 Å². The fourth-order valence-electron chi connectivity index (χ4n) is 2.15. The maximum atomic E-state index is 4.70. The van der Waals surface area contributed by atoms with Crippen molar-refractivity contribution in [3.05, 3.63) is 48.8 Å². The van der Waals surface area contributed by atoms with Crippen LogP contribution >= 0.6 is 0 Å². The number of anilines is 1. The molecule has 2 aromatic heterocycles. The number of pyridine rings is 1. The lowest BCUT2D eigenvalue weighted by Crippen LogP contribution is -2.15. The fourth-order valence-corrected chi connectivity index (χ4v) is 2.15. The summed E-state index contributed by atoms with van der Waals surface area (Å²) in [6, 6.07) is 12.3. The van der Waals surface area contributed by atoms with Crippen LogP contribution in [0.5, 0.6) is 0 Å². The molecule has 0 amide bonds. The molecule has 106 valence electrons. The van der Waals surface area contributed by atoms with Crippen LogP contribution in [0.2, 0.25) is 0 Å². The first-order valence-electron chi connectivity index (χ1n) is 7.21. The smallest absolute Gasteiger partial charge is 0.163 e. The Labute approximate surface area is 124 Å². The first kappa shape index (κ1) is 13.5. The molecule has 0 fully saturated rings. The molecular weight excluding hydrogens is 260 g/mol. The van der Waals surface area contributed by atoms with Crippen molar-refractivity contribution >= 4 is 16.7 Å². The molecule has 0 unspecified atom stereocenters. The molecule has 0 bridgehead atoms. The average molecular weight is 278 g/mol. The van der Waals surface area contributed by atoms with E-state index in [1.165, 1.54) is 0 Å². The Morgan fingerprint density at radius 1 is 1.10 bits per heavy atom. The second kappa shape index (κ2) is 5.87. The largest absolute Gasteiger partial charge is 0.367 e. The number of benzene rings is 1. The van der Waals surface area contributed by atoms with Gasteiger partial charge < -0.3 is 5.32 Å². The fraction of sp³-hybridized carbons (Fsp3) is 0.235. The number of hydrogen-bond donors (Lipinski definition) is 1. The van der Waals surface area contributed by atoms with Crippen molar-refractivity contribution < 1.29 is 0 Å². The van der Waals surface area contributed by atoms with Gasteiger partial charge in [0.2, 0.25) is 0 Å². The van der Waals surface area contributed by atoms with Crippen molar-refractivity contribution in [1.29, 1.82) is 0 Å². The zero-order valence-corrected chi connectivity index (χ0v) is 12.2. The minimum Gasteiger partial charge on any atom is -0.367 e. The van der Waals surface area contributed by atoms with Crippen LogP contribution < -0.4 is 5.32 Å². The molecule has 3 rings (SSSR count). The third kappa shape index (κ3) is 2.84. The summed E-state index contributed by atoms with van der Waals surface area (Å²) >= 11 is 0. The number of para-hydroxylation sites is 1. The highest BCUT2D eigenvalue weighted by Crippen LogP contribution is 2.25. The van der Waals surface area contributed by atoms with Gasteiger partial charge in [0, 0.05) is 29.4 Å². The Morgan fingerprint density at radius 2 is 1.95 bits per heavy atom. The Kier molecular flexibility index (Phi) is 3.77. The zero-order chi connectivity index (χ0) is 14.7.